The fourth-order valence-corrected chi connectivity index (χ4v) is 1.14. The van der Waals surface area contributed by atoms with Gasteiger partial charge >= 0.3 is 0 Å². The molecule has 1 aromatic carbocycles. The van der Waals surface area contributed by atoms with Crippen molar-refractivity contribution in [1.82, 2.24) is 5.32 Å². The summed E-state index contributed by atoms with van der Waals surface area (Å²) in [6.07, 6.45) is 1.06. The largest absolute Gasteiger partial charge is 0.481 e. The smallest absolute Gasteiger partial charge is 0.149 e. The maximum atomic E-state index is 5.45. The maximum absolute atomic E-state index is 5.45. The molecule has 0 aliphatic rings. The van der Waals surface area contributed by atoms with Crippen molar-refractivity contribution < 1.29 is 4.74 Å². The lowest BCUT2D eigenvalue weighted by Crippen LogP contribution is -2.05. The monoisotopic (exact) mass is 239 g/mol. The van der Waals surface area contributed by atoms with Crippen LogP contribution in [-0.2, 0) is 6.42 Å². The highest BCUT2D eigenvalue weighted by Gasteiger charge is 1.91. The van der Waals surface area contributed by atoms with Gasteiger partial charge in [0.1, 0.15) is 12.4 Å². The molecular weight excluding hydrogens is 222 g/mol. The van der Waals surface area contributed by atoms with Crippen molar-refractivity contribution in [2.24, 2.45) is 0 Å². The minimum absolute atomic E-state index is 0. The third-order valence-corrected chi connectivity index (χ3v) is 2.03. The van der Waals surface area contributed by atoms with Crippen LogP contribution in [0.25, 0.3) is 0 Å². The lowest BCUT2D eigenvalue weighted by atomic mass is 10.2. The standard InChI is InChI=1S/C13H17NO.ClH/c1-3-12-6-8-13(9-7-12)15-11-5-4-10-14-2;/h6-9,14H,3,10-11H2,1-2H3;1H. The van der Waals surface area contributed by atoms with Gasteiger partial charge in [0, 0.05) is 0 Å². The van der Waals surface area contributed by atoms with Gasteiger partial charge < -0.3 is 10.1 Å². The third kappa shape index (κ3) is 5.65. The van der Waals surface area contributed by atoms with Crippen molar-refractivity contribution in [3.05, 3.63) is 29.8 Å². The van der Waals surface area contributed by atoms with E-state index < -0.39 is 0 Å². The molecule has 0 bridgehead atoms. The van der Waals surface area contributed by atoms with Crippen LogP contribution in [0.1, 0.15) is 12.5 Å². The number of hydrogen-bond acceptors (Lipinski definition) is 2. The molecule has 3 heteroatoms. The Morgan fingerprint density at radius 1 is 1.19 bits per heavy atom. The van der Waals surface area contributed by atoms with Gasteiger partial charge in [-0.1, -0.05) is 30.9 Å². The van der Waals surface area contributed by atoms with Crippen LogP contribution in [0.3, 0.4) is 0 Å². The predicted octanol–water partition coefficient (Wildman–Crippen LogP) is 2.27. The zero-order valence-corrected chi connectivity index (χ0v) is 10.6. The van der Waals surface area contributed by atoms with Crippen LogP contribution in [0, 0.1) is 11.8 Å². The molecule has 1 N–H and O–H groups in total. The van der Waals surface area contributed by atoms with Crippen LogP contribution < -0.4 is 10.1 Å². The SMILES string of the molecule is CCc1ccc(OCC#CCNC)cc1.Cl. The van der Waals surface area contributed by atoms with Gasteiger partial charge in [0.05, 0.1) is 6.54 Å². The Morgan fingerprint density at radius 2 is 1.88 bits per heavy atom. The minimum Gasteiger partial charge on any atom is -0.481 e. The van der Waals surface area contributed by atoms with Crippen molar-refractivity contribution in [2.45, 2.75) is 13.3 Å². The number of nitrogens with one attached hydrogen (secondary N) is 1. The van der Waals surface area contributed by atoms with Crippen molar-refractivity contribution >= 4 is 12.4 Å². The van der Waals surface area contributed by atoms with E-state index in [1.807, 2.05) is 19.2 Å². The van der Waals surface area contributed by atoms with Gasteiger partial charge in [-0.2, -0.15) is 0 Å². The van der Waals surface area contributed by atoms with E-state index >= 15 is 0 Å². The van der Waals surface area contributed by atoms with E-state index in [0.717, 1.165) is 12.2 Å². The first-order valence-electron chi connectivity index (χ1n) is 5.19. The molecule has 0 unspecified atom stereocenters. The van der Waals surface area contributed by atoms with Gasteiger partial charge in [-0.05, 0) is 31.2 Å². The zero-order chi connectivity index (χ0) is 10.9. The summed E-state index contributed by atoms with van der Waals surface area (Å²) < 4.78 is 5.45. The van der Waals surface area contributed by atoms with Crippen LogP contribution in [0.5, 0.6) is 5.75 Å². The quantitative estimate of drug-likeness (QED) is 0.814. The Bertz CT molecular complexity index is 337. The Balaban J connectivity index is 0.00000225. The highest BCUT2D eigenvalue weighted by molar-refractivity contribution is 5.85. The fourth-order valence-electron chi connectivity index (χ4n) is 1.14. The molecule has 0 fully saturated rings. The van der Waals surface area contributed by atoms with Gasteiger partial charge in [0.25, 0.3) is 0 Å². The molecular formula is C13H18ClNO. The number of halogens is 1. The normalized spacial score (nSPS) is 8.62. The molecule has 0 atom stereocenters. The first kappa shape index (κ1) is 14.8. The van der Waals surface area contributed by atoms with Crippen LogP contribution >= 0.6 is 12.4 Å². The van der Waals surface area contributed by atoms with Crippen LogP contribution in [0.2, 0.25) is 0 Å². The van der Waals surface area contributed by atoms with E-state index in [1.165, 1.54) is 5.56 Å². The fraction of sp³-hybridized carbons (Fsp3) is 0.385. The molecule has 0 aliphatic heterocycles. The summed E-state index contributed by atoms with van der Waals surface area (Å²) >= 11 is 0. The molecule has 1 rings (SSSR count). The second-order valence-corrected chi connectivity index (χ2v) is 3.17. The predicted molar refractivity (Wildman–Crippen MR) is 70.3 cm³/mol. The maximum Gasteiger partial charge on any atom is 0.149 e. The van der Waals surface area contributed by atoms with Crippen molar-refractivity contribution in [2.75, 3.05) is 20.2 Å². The van der Waals surface area contributed by atoms with Crippen LogP contribution in [0.15, 0.2) is 24.3 Å². The summed E-state index contributed by atoms with van der Waals surface area (Å²) in [4.78, 5) is 0. The summed E-state index contributed by atoms with van der Waals surface area (Å²) in [6.45, 7) is 3.30. The first-order valence-corrected chi connectivity index (χ1v) is 5.19. The average molecular weight is 240 g/mol. The average Bonchev–Trinajstić information content (AvgIpc) is 2.30. The summed E-state index contributed by atoms with van der Waals surface area (Å²) in [7, 11) is 1.87. The molecule has 88 valence electrons. The third-order valence-electron chi connectivity index (χ3n) is 2.03. The van der Waals surface area contributed by atoms with E-state index in [0.29, 0.717) is 13.2 Å². The van der Waals surface area contributed by atoms with E-state index in [4.69, 9.17) is 4.74 Å². The van der Waals surface area contributed by atoms with Gasteiger partial charge in [0.15, 0.2) is 0 Å². The number of aryl methyl sites for hydroxylation is 1. The van der Waals surface area contributed by atoms with E-state index in [2.05, 4.69) is 36.2 Å². The molecule has 2 nitrogen and oxygen atoms in total. The molecule has 0 saturated carbocycles. The first-order chi connectivity index (χ1) is 7.36. The Morgan fingerprint density at radius 3 is 2.44 bits per heavy atom. The molecule has 0 saturated heterocycles. The van der Waals surface area contributed by atoms with Gasteiger partial charge in [0.2, 0.25) is 0 Å². The molecule has 0 radical (unpaired) electrons. The Hall–Kier alpha value is -1.17. The molecule has 16 heavy (non-hydrogen) atoms. The summed E-state index contributed by atoms with van der Waals surface area (Å²) in [5.41, 5.74) is 1.32. The second kappa shape index (κ2) is 9.08. The van der Waals surface area contributed by atoms with Gasteiger partial charge in [-0.15, -0.1) is 12.4 Å². The number of hydrogen-bond donors (Lipinski definition) is 1. The molecule has 0 aromatic heterocycles. The lowest BCUT2D eigenvalue weighted by Gasteiger charge is -2.02. The van der Waals surface area contributed by atoms with Crippen molar-refractivity contribution in [3.63, 3.8) is 0 Å². The minimum atomic E-state index is 0. The summed E-state index contributed by atoms with van der Waals surface area (Å²) in [5.74, 6) is 6.75. The number of benzene rings is 1. The topological polar surface area (TPSA) is 21.3 Å². The summed E-state index contributed by atoms with van der Waals surface area (Å²) in [5, 5.41) is 2.95. The summed E-state index contributed by atoms with van der Waals surface area (Å²) in [6, 6.07) is 8.13. The Labute approximate surface area is 104 Å². The molecule has 1 aromatic rings. The zero-order valence-electron chi connectivity index (χ0n) is 9.75. The number of ether oxygens (including phenoxy) is 1. The van der Waals surface area contributed by atoms with Gasteiger partial charge in [-0.25, -0.2) is 0 Å². The highest BCUT2D eigenvalue weighted by atomic mass is 35.5. The van der Waals surface area contributed by atoms with E-state index in [1.54, 1.807) is 0 Å². The number of rotatable bonds is 4. The highest BCUT2D eigenvalue weighted by Crippen LogP contribution is 2.11. The molecule has 0 heterocycles. The Kier molecular flexibility index (Phi) is 8.42. The molecule has 0 aliphatic carbocycles. The van der Waals surface area contributed by atoms with Crippen LogP contribution in [0.4, 0.5) is 0 Å². The molecule has 0 spiro atoms. The van der Waals surface area contributed by atoms with Crippen molar-refractivity contribution in [3.8, 4) is 17.6 Å². The lowest BCUT2D eigenvalue weighted by molar-refractivity contribution is 0.370. The van der Waals surface area contributed by atoms with Crippen molar-refractivity contribution in [1.29, 1.82) is 0 Å². The van der Waals surface area contributed by atoms with Crippen LogP contribution in [-0.4, -0.2) is 20.2 Å². The molecule has 0 amide bonds. The van der Waals surface area contributed by atoms with E-state index in [9.17, 15) is 0 Å². The van der Waals surface area contributed by atoms with Gasteiger partial charge in [-0.3, -0.25) is 0 Å². The second-order valence-electron chi connectivity index (χ2n) is 3.17. The van der Waals surface area contributed by atoms with E-state index in [-0.39, 0.29) is 12.4 Å².